The summed E-state index contributed by atoms with van der Waals surface area (Å²) in [5.74, 6) is 0.308. The van der Waals surface area contributed by atoms with E-state index in [2.05, 4.69) is 12.2 Å². The molecule has 3 heteroatoms. The molecule has 0 aromatic heterocycles. The van der Waals surface area contributed by atoms with Crippen LogP contribution in [-0.2, 0) is 4.79 Å². The van der Waals surface area contributed by atoms with Gasteiger partial charge in [-0.3, -0.25) is 4.79 Å². The first-order chi connectivity index (χ1) is 6.68. The molecule has 82 valence electrons. The van der Waals surface area contributed by atoms with Crippen molar-refractivity contribution in [1.29, 1.82) is 0 Å². The molecule has 0 spiro atoms. The van der Waals surface area contributed by atoms with Crippen LogP contribution in [0.2, 0.25) is 0 Å². The first-order valence-electron chi connectivity index (χ1n) is 5.63. The van der Waals surface area contributed by atoms with Gasteiger partial charge in [-0.25, -0.2) is 0 Å². The van der Waals surface area contributed by atoms with Crippen molar-refractivity contribution in [2.24, 2.45) is 5.92 Å². The molecule has 1 atom stereocenters. The van der Waals surface area contributed by atoms with Crippen molar-refractivity contribution in [2.45, 2.75) is 51.5 Å². The van der Waals surface area contributed by atoms with E-state index < -0.39 is 5.97 Å². The zero-order valence-electron chi connectivity index (χ0n) is 8.96. The summed E-state index contributed by atoms with van der Waals surface area (Å²) >= 11 is 0. The molecule has 1 aliphatic rings. The van der Waals surface area contributed by atoms with Crippen molar-refractivity contribution in [2.75, 3.05) is 6.54 Å². The molecule has 14 heavy (non-hydrogen) atoms. The summed E-state index contributed by atoms with van der Waals surface area (Å²) in [5, 5.41) is 11.8. The van der Waals surface area contributed by atoms with E-state index in [9.17, 15) is 4.79 Å². The zero-order valence-corrected chi connectivity index (χ0v) is 8.96. The lowest BCUT2D eigenvalue weighted by Gasteiger charge is -2.11. The number of hydrogen-bond donors (Lipinski definition) is 2. The van der Waals surface area contributed by atoms with Gasteiger partial charge in [0, 0.05) is 12.5 Å². The topological polar surface area (TPSA) is 49.3 Å². The molecular formula is C11H21NO2. The Kier molecular flexibility index (Phi) is 4.94. The fraction of sp³-hybridized carbons (Fsp3) is 0.909. The molecule has 0 aromatic carbocycles. The Bertz CT molecular complexity index is 178. The van der Waals surface area contributed by atoms with Gasteiger partial charge in [0.05, 0.1) is 0 Å². The minimum Gasteiger partial charge on any atom is -0.481 e. The van der Waals surface area contributed by atoms with Gasteiger partial charge >= 0.3 is 5.97 Å². The van der Waals surface area contributed by atoms with Crippen molar-refractivity contribution >= 4 is 5.97 Å². The van der Waals surface area contributed by atoms with Gasteiger partial charge in [-0.2, -0.15) is 0 Å². The van der Waals surface area contributed by atoms with Gasteiger partial charge in [-0.15, -0.1) is 0 Å². The van der Waals surface area contributed by atoms with Crippen LogP contribution in [0.5, 0.6) is 0 Å². The van der Waals surface area contributed by atoms with Crippen LogP contribution in [0, 0.1) is 5.92 Å². The van der Waals surface area contributed by atoms with Crippen LogP contribution >= 0.6 is 0 Å². The van der Waals surface area contributed by atoms with E-state index in [1.165, 1.54) is 25.7 Å². The van der Waals surface area contributed by atoms with E-state index in [-0.39, 0.29) is 6.42 Å². The molecule has 0 aliphatic heterocycles. The van der Waals surface area contributed by atoms with Crippen molar-refractivity contribution in [3.8, 4) is 0 Å². The Morgan fingerprint density at radius 3 is 2.86 bits per heavy atom. The molecule has 1 saturated carbocycles. The summed E-state index contributed by atoms with van der Waals surface area (Å²) in [6.45, 7) is 3.09. The standard InChI is InChI=1S/C11H21NO2/c1-9(4-7-11(13)14)12-8-2-3-10-5-6-10/h9-10,12H,2-8H2,1H3,(H,13,14). The van der Waals surface area contributed by atoms with Gasteiger partial charge in [-0.05, 0) is 38.6 Å². The minimum atomic E-state index is -0.698. The Morgan fingerprint density at radius 2 is 2.29 bits per heavy atom. The maximum atomic E-state index is 10.3. The Labute approximate surface area is 85.9 Å². The third kappa shape index (κ3) is 5.97. The Balaban J connectivity index is 1.85. The van der Waals surface area contributed by atoms with Crippen LogP contribution < -0.4 is 5.32 Å². The van der Waals surface area contributed by atoms with Crippen molar-refractivity contribution in [1.82, 2.24) is 5.32 Å². The van der Waals surface area contributed by atoms with Gasteiger partial charge in [0.2, 0.25) is 0 Å². The smallest absolute Gasteiger partial charge is 0.303 e. The Morgan fingerprint density at radius 1 is 1.57 bits per heavy atom. The number of nitrogens with one attached hydrogen (secondary N) is 1. The second-order valence-corrected chi connectivity index (χ2v) is 4.37. The van der Waals surface area contributed by atoms with Crippen molar-refractivity contribution in [3.63, 3.8) is 0 Å². The molecule has 1 fully saturated rings. The van der Waals surface area contributed by atoms with Crippen molar-refractivity contribution < 1.29 is 9.90 Å². The molecule has 2 N–H and O–H groups in total. The number of hydrogen-bond acceptors (Lipinski definition) is 2. The van der Waals surface area contributed by atoms with Crippen LogP contribution in [0.1, 0.15) is 45.4 Å². The number of carbonyl (C=O) groups is 1. The predicted molar refractivity (Wildman–Crippen MR) is 56.3 cm³/mol. The molecule has 0 saturated heterocycles. The second-order valence-electron chi connectivity index (χ2n) is 4.37. The lowest BCUT2D eigenvalue weighted by molar-refractivity contribution is -0.137. The number of carboxylic acid groups (broad SMARTS) is 1. The van der Waals surface area contributed by atoms with E-state index in [1.54, 1.807) is 0 Å². The summed E-state index contributed by atoms with van der Waals surface area (Å²) in [6, 6.07) is 0.338. The molecule has 0 bridgehead atoms. The van der Waals surface area contributed by atoms with E-state index in [4.69, 9.17) is 5.11 Å². The fourth-order valence-corrected chi connectivity index (χ4v) is 1.59. The highest BCUT2D eigenvalue weighted by molar-refractivity contribution is 5.66. The first-order valence-corrected chi connectivity index (χ1v) is 5.63. The van der Waals surface area contributed by atoms with Gasteiger partial charge < -0.3 is 10.4 Å². The fourth-order valence-electron chi connectivity index (χ4n) is 1.59. The summed E-state index contributed by atoms with van der Waals surface area (Å²) in [6.07, 6.45) is 6.44. The maximum Gasteiger partial charge on any atom is 0.303 e. The molecule has 0 heterocycles. The second kappa shape index (κ2) is 6.02. The van der Waals surface area contributed by atoms with Crippen LogP contribution in [0.25, 0.3) is 0 Å². The van der Waals surface area contributed by atoms with Gasteiger partial charge in [0.15, 0.2) is 0 Å². The average Bonchev–Trinajstić information content (AvgIpc) is 2.92. The highest BCUT2D eigenvalue weighted by Crippen LogP contribution is 2.33. The third-order valence-electron chi connectivity index (χ3n) is 2.77. The Hall–Kier alpha value is -0.570. The molecule has 0 aromatic rings. The molecule has 0 radical (unpaired) electrons. The first kappa shape index (κ1) is 11.5. The van der Waals surface area contributed by atoms with Gasteiger partial charge in [0.25, 0.3) is 0 Å². The SMILES string of the molecule is CC(CCC(=O)O)NCCCC1CC1. The van der Waals surface area contributed by atoms with Crippen LogP contribution in [0.4, 0.5) is 0 Å². The summed E-state index contributed by atoms with van der Waals surface area (Å²) in [7, 11) is 0. The lowest BCUT2D eigenvalue weighted by atomic mass is 10.1. The van der Waals surface area contributed by atoms with E-state index in [1.807, 2.05) is 0 Å². The summed E-state index contributed by atoms with van der Waals surface area (Å²) in [4.78, 5) is 10.3. The van der Waals surface area contributed by atoms with Crippen molar-refractivity contribution in [3.05, 3.63) is 0 Å². The molecule has 1 rings (SSSR count). The molecular weight excluding hydrogens is 178 g/mol. The summed E-state index contributed by atoms with van der Waals surface area (Å²) < 4.78 is 0. The van der Waals surface area contributed by atoms with Crippen LogP contribution in [-0.4, -0.2) is 23.7 Å². The minimum absolute atomic E-state index is 0.275. The molecule has 1 unspecified atom stereocenters. The molecule has 0 amide bonds. The summed E-state index contributed by atoms with van der Waals surface area (Å²) in [5.41, 5.74) is 0. The quantitative estimate of drug-likeness (QED) is 0.588. The normalized spacial score (nSPS) is 18.1. The van der Waals surface area contributed by atoms with Crippen LogP contribution in [0.3, 0.4) is 0 Å². The number of aliphatic carboxylic acids is 1. The highest BCUT2D eigenvalue weighted by atomic mass is 16.4. The van der Waals surface area contributed by atoms with E-state index in [0.717, 1.165) is 18.9 Å². The number of rotatable bonds is 8. The van der Waals surface area contributed by atoms with Crippen LogP contribution in [0.15, 0.2) is 0 Å². The third-order valence-corrected chi connectivity index (χ3v) is 2.77. The monoisotopic (exact) mass is 199 g/mol. The number of carboxylic acids is 1. The molecule has 1 aliphatic carbocycles. The van der Waals surface area contributed by atoms with E-state index >= 15 is 0 Å². The largest absolute Gasteiger partial charge is 0.481 e. The predicted octanol–water partition coefficient (Wildman–Crippen LogP) is 2.02. The van der Waals surface area contributed by atoms with Gasteiger partial charge in [0.1, 0.15) is 0 Å². The van der Waals surface area contributed by atoms with Gasteiger partial charge in [-0.1, -0.05) is 12.8 Å². The van der Waals surface area contributed by atoms with E-state index in [0.29, 0.717) is 6.04 Å². The lowest BCUT2D eigenvalue weighted by Crippen LogP contribution is -2.27. The zero-order chi connectivity index (χ0) is 10.4. The average molecular weight is 199 g/mol. The maximum absolute atomic E-state index is 10.3. The molecule has 3 nitrogen and oxygen atoms in total. The highest BCUT2D eigenvalue weighted by Gasteiger charge is 2.19.